The molecule has 0 saturated heterocycles. The molecule has 21 heavy (non-hydrogen) atoms. The number of allylic oxidation sites excluding steroid dienone is 2. The first kappa shape index (κ1) is 18.4. The fourth-order valence-electron chi connectivity index (χ4n) is 1.12. The maximum atomic E-state index is 10.7. The van der Waals surface area contributed by atoms with Gasteiger partial charge in [0.1, 0.15) is 0 Å². The van der Waals surface area contributed by atoms with Crippen LogP contribution >= 0.6 is 0 Å². The molecule has 4 nitrogen and oxygen atoms in total. The van der Waals surface area contributed by atoms with E-state index in [1.807, 2.05) is 42.5 Å². The number of primary amides is 1. The van der Waals surface area contributed by atoms with Crippen LogP contribution in [0.5, 0.6) is 0 Å². The smallest absolute Gasteiger partial charge is 0.332 e. The van der Waals surface area contributed by atoms with Crippen LogP contribution in [0.2, 0.25) is 0 Å². The Balaban J connectivity index is 0.000000486. The van der Waals surface area contributed by atoms with E-state index >= 15 is 0 Å². The Hall–Kier alpha value is -2.62. The second-order valence-corrected chi connectivity index (χ2v) is 4.26. The summed E-state index contributed by atoms with van der Waals surface area (Å²) in [7, 11) is 1.33. The highest BCUT2D eigenvalue weighted by Crippen LogP contribution is 2.01. The second-order valence-electron chi connectivity index (χ2n) is 4.26. The minimum atomic E-state index is -0.386. The largest absolute Gasteiger partial charge is 0.466 e. The van der Waals surface area contributed by atoms with Crippen LogP contribution in [0.15, 0.2) is 60.2 Å². The average molecular weight is 287 g/mol. The number of methoxy groups -OCH3 is 1. The number of hydrogen-bond acceptors (Lipinski definition) is 3. The summed E-state index contributed by atoms with van der Waals surface area (Å²) in [6, 6.07) is 9.87. The van der Waals surface area contributed by atoms with Gasteiger partial charge in [0.05, 0.1) is 7.11 Å². The number of esters is 1. The van der Waals surface area contributed by atoms with Crippen molar-refractivity contribution >= 4 is 18.0 Å². The molecular weight excluding hydrogens is 266 g/mol. The molecule has 0 radical (unpaired) electrons. The Morgan fingerprint density at radius 2 is 1.76 bits per heavy atom. The number of benzene rings is 1. The molecule has 1 amide bonds. The average Bonchev–Trinajstić information content (AvgIpc) is 2.47. The Bertz CT molecular complexity index is 542. The van der Waals surface area contributed by atoms with E-state index in [4.69, 9.17) is 5.73 Å². The Morgan fingerprint density at radius 1 is 1.19 bits per heavy atom. The Labute approximate surface area is 125 Å². The molecule has 0 aliphatic carbocycles. The van der Waals surface area contributed by atoms with E-state index < -0.39 is 0 Å². The van der Waals surface area contributed by atoms with E-state index in [9.17, 15) is 9.59 Å². The first-order chi connectivity index (χ1) is 9.88. The van der Waals surface area contributed by atoms with Crippen LogP contribution in [0.25, 0.3) is 6.08 Å². The number of carbonyl (C=O) groups is 2. The summed E-state index contributed by atoms with van der Waals surface area (Å²) in [4.78, 5) is 20.9. The maximum absolute atomic E-state index is 10.7. The molecule has 112 valence electrons. The van der Waals surface area contributed by atoms with Crippen molar-refractivity contribution in [2.75, 3.05) is 7.11 Å². The highest BCUT2D eigenvalue weighted by Gasteiger charge is 1.95. The zero-order valence-corrected chi connectivity index (χ0v) is 12.6. The normalized spacial score (nSPS) is 10.5. The molecule has 0 spiro atoms. The van der Waals surface area contributed by atoms with Crippen molar-refractivity contribution in [1.29, 1.82) is 0 Å². The fourth-order valence-corrected chi connectivity index (χ4v) is 1.12. The van der Waals surface area contributed by atoms with Gasteiger partial charge in [-0.15, -0.1) is 0 Å². The Kier molecular flexibility index (Phi) is 8.93. The van der Waals surface area contributed by atoms with Crippen molar-refractivity contribution < 1.29 is 14.3 Å². The van der Waals surface area contributed by atoms with Gasteiger partial charge in [-0.3, -0.25) is 4.79 Å². The van der Waals surface area contributed by atoms with Crippen LogP contribution in [0.4, 0.5) is 0 Å². The molecule has 1 aromatic rings. The quantitative estimate of drug-likeness (QED) is 0.526. The number of ether oxygens (including phenoxy) is 1. The lowest BCUT2D eigenvalue weighted by atomic mass is 10.2. The third-order valence-electron chi connectivity index (χ3n) is 2.36. The van der Waals surface area contributed by atoms with Gasteiger partial charge in [0.15, 0.2) is 0 Å². The lowest BCUT2D eigenvalue weighted by Crippen LogP contribution is -2.11. The highest BCUT2D eigenvalue weighted by molar-refractivity contribution is 5.91. The summed E-state index contributed by atoms with van der Waals surface area (Å²) in [6.45, 7) is 6.65. The van der Waals surface area contributed by atoms with Crippen LogP contribution in [0.3, 0.4) is 0 Å². The van der Waals surface area contributed by atoms with E-state index in [1.165, 1.54) is 7.11 Å². The molecular formula is C17H21NO3. The molecule has 0 heterocycles. The summed E-state index contributed by atoms with van der Waals surface area (Å²) >= 11 is 0. The minimum absolute atomic E-state index is 0.347. The molecule has 0 aliphatic heterocycles. The maximum Gasteiger partial charge on any atom is 0.332 e. The predicted octanol–water partition coefficient (Wildman–Crippen LogP) is 2.87. The van der Waals surface area contributed by atoms with Gasteiger partial charge in [0.25, 0.3) is 0 Å². The lowest BCUT2D eigenvalue weighted by Gasteiger charge is -1.91. The number of carbonyl (C=O) groups excluding carboxylic acids is 2. The summed E-state index contributed by atoms with van der Waals surface area (Å²) < 4.78 is 4.27. The van der Waals surface area contributed by atoms with Gasteiger partial charge in [0.2, 0.25) is 5.91 Å². The summed E-state index contributed by atoms with van der Waals surface area (Å²) in [6.07, 6.45) is 5.44. The highest BCUT2D eigenvalue weighted by atomic mass is 16.5. The summed E-state index contributed by atoms with van der Waals surface area (Å²) in [5.41, 5.74) is 7.16. The minimum Gasteiger partial charge on any atom is -0.466 e. The van der Waals surface area contributed by atoms with Crippen LogP contribution < -0.4 is 5.73 Å². The van der Waals surface area contributed by atoms with Crippen molar-refractivity contribution in [3.05, 3.63) is 65.8 Å². The molecule has 2 N–H and O–H groups in total. The van der Waals surface area contributed by atoms with Crippen LogP contribution in [0.1, 0.15) is 19.4 Å². The predicted molar refractivity (Wildman–Crippen MR) is 85.3 cm³/mol. The summed E-state index contributed by atoms with van der Waals surface area (Å²) in [5, 5.41) is 0. The van der Waals surface area contributed by atoms with Gasteiger partial charge >= 0.3 is 5.97 Å². The van der Waals surface area contributed by atoms with Gasteiger partial charge in [-0.25, -0.2) is 4.79 Å². The molecule has 0 fully saturated rings. The lowest BCUT2D eigenvalue weighted by molar-refractivity contribution is -0.136. The second kappa shape index (κ2) is 10.2. The SMILES string of the molecule is C=C(C)C(=O)OC.CC(=CC=Cc1ccccc1)C(N)=O. The van der Waals surface area contributed by atoms with Gasteiger partial charge in [-0.05, 0) is 19.4 Å². The van der Waals surface area contributed by atoms with E-state index in [0.717, 1.165) is 5.56 Å². The van der Waals surface area contributed by atoms with Crippen molar-refractivity contribution in [1.82, 2.24) is 0 Å². The zero-order chi connectivity index (χ0) is 16.3. The van der Waals surface area contributed by atoms with E-state index in [-0.39, 0.29) is 11.9 Å². The third kappa shape index (κ3) is 8.99. The van der Waals surface area contributed by atoms with Crippen LogP contribution in [-0.4, -0.2) is 19.0 Å². The van der Waals surface area contributed by atoms with Crippen LogP contribution in [0, 0.1) is 0 Å². The molecule has 1 rings (SSSR count). The van der Waals surface area contributed by atoms with Gasteiger partial charge in [0, 0.05) is 11.1 Å². The van der Waals surface area contributed by atoms with Gasteiger partial charge < -0.3 is 10.5 Å². The topological polar surface area (TPSA) is 69.4 Å². The fraction of sp³-hybridized carbons (Fsp3) is 0.176. The molecule has 0 saturated carbocycles. The number of nitrogens with two attached hydrogens (primary N) is 1. The monoisotopic (exact) mass is 287 g/mol. The van der Waals surface area contributed by atoms with Crippen molar-refractivity contribution in [3.8, 4) is 0 Å². The Morgan fingerprint density at radius 3 is 2.14 bits per heavy atom. The molecule has 0 atom stereocenters. The van der Waals surface area contributed by atoms with Gasteiger partial charge in [-0.2, -0.15) is 0 Å². The standard InChI is InChI=1S/C12H13NO.C5H8O2/c1-10(12(13)14)6-5-9-11-7-3-2-4-8-11;1-4(2)5(6)7-3/h2-9H,1H3,(H2,13,14);1H2,2-3H3. The first-order valence-electron chi connectivity index (χ1n) is 6.32. The van der Waals surface area contributed by atoms with Gasteiger partial charge in [-0.1, -0.05) is 55.1 Å². The van der Waals surface area contributed by atoms with Crippen LogP contribution in [-0.2, 0) is 14.3 Å². The van der Waals surface area contributed by atoms with E-state index in [0.29, 0.717) is 11.1 Å². The molecule has 1 aromatic carbocycles. The molecule has 0 aliphatic rings. The zero-order valence-electron chi connectivity index (χ0n) is 12.6. The third-order valence-corrected chi connectivity index (χ3v) is 2.36. The first-order valence-corrected chi connectivity index (χ1v) is 6.32. The van der Waals surface area contributed by atoms with E-state index in [2.05, 4.69) is 11.3 Å². The number of amides is 1. The molecule has 0 aromatic heterocycles. The number of rotatable bonds is 4. The van der Waals surface area contributed by atoms with Crippen molar-refractivity contribution in [2.45, 2.75) is 13.8 Å². The molecule has 4 heteroatoms. The number of hydrogen-bond donors (Lipinski definition) is 1. The van der Waals surface area contributed by atoms with Crippen molar-refractivity contribution in [3.63, 3.8) is 0 Å². The molecule has 0 bridgehead atoms. The van der Waals surface area contributed by atoms with Crippen molar-refractivity contribution in [2.24, 2.45) is 5.73 Å². The van der Waals surface area contributed by atoms with E-state index in [1.54, 1.807) is 19.9 Å². The summed E-state index contributed by atoms with van der Waals surface area (Å²) in [5.74, 6) is -0.734. The molecule has 0 unspecified atom stereocenters.